The SMILES string of the molecule is Cc1ccc(NC(=O)c2ccc(CC(=N)C[C@H](C)N3CCCC3)c(C(F)(F)F)c2)cc1Nc1nccc(-c2cncnc2)n1. The Morgan fingerprint density at radius 3 is 2.55 bits per heavy atom. The third-order valence-electron chi connectivity index (χ3n) is 7.64. The Morgan fingerprint density at radius 1 is 1.07 bits per heavy atom. The van der Waals surface area contributed by atoms with Gasteiger partial charge in [0.25, 0.3) is 5.91 Å². The van der Waals surface area contributed by atoms with Crippen LogP contribution in [-0.2, 0) is 12.6 Å². The van der Waals surface area contributed by atoms with Gasteiger partial charge in [0.05, 0.1) is 11.3 Å². The van der Waals surface area contributed by atoms with Crippen molar-refractivity contribution in [1.29, 1.82) is 5.41 Å². The fourth-order valence-corrected chi connectivity index (χ4v) is 5.28. The molecule has 1 aliphatic heterocycles. The van der Waals surface area contributed by atoms with Gasteiger partial charge < -0.3 is 20.9 Å². The average Bonchev–Trinajstić information content (AvgIpc) is 3.55. The van der Waals surface area contributed by atoms with Crippen molar-refractivity contribution in [3.8, 4) is 11.3 Å². The van der Waals surface area contributed by atoms with Crippen molar-refractivity contribution >= 4 is 28.9 Å². The number of alkyl halides is 3. The monoisotopic (exact) mass is 602 g/mol. The molecule has 0 unspecified atom stereocenters. The summed E-state index contributed by atoms with van der Waals surface area (Å²) in [7, 11) is 0. The first-order valence-electron chi connectivity index (χ1n) is 14.3. The van der Waals surface area contributed by atoms with Crippen molar-refractivity contribution in [2.24, 2.45) is 0 Å². The van der Waals surface area contributed by atoms with Gasteiger partial charge in [0.2, 0.25) is 5.95 Å². The summed E-state index contributed by atoms with van der Waals surface area (Å²) in [6.07, 6.45) is 4.11. The molecule has 1 fully saturated rings. The van der Waals surface area contributed by atoms with E-state index in [0.717, 1.165) is 37.6 Å². The van der Waals surface area contributed by atoms with Gasteiger partial charge in [0.15, 0.2) is 0 Å². The number of carbonyl (C=O) groups excluding carboxylic acids is 1. The number of hydrogen-bond acceptors (Lipinski definition) is 8. The maximum Gasteiger partial charge on any atom is 0.416 e. The summed E-state index contributed by atoms with van der Waals surface area (Å²) < 4.78 is 42.2. The molecule has 0 radical (unpaired) electrons. The van der Waals surface area contributed by atoms with Crippen molar-refractivity contribution in [1.82, 2.24) is 24.8 Å². The Kier molecular flexibility index (Phi) is 9.29. The van der Waals surface area contributed by atoms with Gasteiger partial charge >= 0.3 is 6.18 Å². The van der Waals surface area contributed by atoms with Crippen molar-refractivity contribution in [2.45, 2.75) is 51.7 Å². The molecule has 0 bridgehead atoms. The minimum absolute atomic E-state index is 0.0150. The number of nitrogens with one attached hydrogen (secondary N) is 3. The van der Waals surface area contributed by atoms with Crippen LogP contribution in [0, 0.1) is 12.3 Å². The van der Waals surface area contributed by atoms with E-state index in [-0.39, 0.29) is 29.3 Å². The van der Waals surface area contributed by atoms with E-state index in [4.69, 9.17) is 5.41 Å². The first-order chi connectivity index (χ1) is 21.1. The average molecular weight is 603 g/mol. The lowest BCUT2D eigenvalue weighted by molar-refractivity contribution is -0.138. The molecule has 2 aromatic carbocycles. The molecule has 228 valence electrons. The molecule has 3 N–H and O–H groups in total. The summed E-state index contributed by atoms with van der Waals surface area (Å²) in [4.78, 5) is 32.1. The van der Waals surface area contributed by atoms with E-state index >= 15 is 0 Å². The van der Waals surface area contributed by atoms with E-state index in [0.29, 0.717) is 35.0 Å². The molecule has 5 rings (SSSR count). The van der Waals surface area contributed by atoms with Crippen molar-refractivity contribution in [2.75, 3.05) is 23.7 Å². The van der Waals surface area contributed by atoms with E-state index < -0.39 is 17.6 Å². The number of benzene rings is 2. The molecule has 3 heterocycles. The highest BCUT2D eigenvalue weighted by Gasteiger charge is 2.34. The molecule has 1 aliphatic rings. The standard InChI is InChI=1S/C32H33F3N8O/c1-20-5-8-26(16-29(20)42-31-39-10-9-28(41-31)24-17-37-19-38-18-24)40-30(44)23-7-6-22(27(15-23)32(33,34)35)14-25(36)13-21(2)43-11-3-4-12-43/h5-10,15-19,21,36H,3-4,11-14H2,1-2H3,(H,40,44)(H,39,41,42)/t21-/m0/s1. The molecule has 0 spiro atoms. The number of aryl methyl sites for hydroxylation is 1. The summed E-state index contributed by atoms with van der Waals surface area (Å²) in [5.41, 5.74) is 2.34. The minimum atomic E-state index is -4.67. The largest absolute Gasteiger partial charge is 0.416 e. The van der Waals surface area contributed by atoms with E-state index in [1.807, 2.05) is 13.8 Å². The number of carbonyl (C=O) groups is 1. The first kappa shape index (κ1) is 30.7. The van der Waals surface area contributed by atoms with Crippen molar-refractivity contribution in [3.63, 3.8) is 0 Å². The van der Waals surface area contributed by atoms with Gasteiger partial charge in [-0.2, -0.15) is 13.2 Å². The Balaban J connectivity index is 1.29. The predicted molar refractivity (Wildman–Crippen MR) is 163 cm³/mol. The Bertz CT molecular complexity index is 1640. The third kappa shape index (κ3) is 7.62. The number of aromatic nitrogens is 4. The zero-order valence-electron chi connectivity index (χ0n) is 24.4. The molecular formula is C32H33F3N8O. The van der Waals surface area contributed by atoms with Crippen molar-refractivity contribution < 1.29 is 18.0 Å². The van der Waals surface area contributed by atoms with Crippen LogP contribution in [0.3, 0.4) is 0 Å². The van der Waals surface area contributed by atoms with Crippen LogP contribution >= 0.6 is 0 Å². The van der Waals surface area contributed by atoms with Crippen molar-refractivity contribution in [3.05, 3.63) is 89.6 Å². The van der Waals surface area contributed by atoms with Gasteiger partial charge in [-0.05, 0) is 81.2 Å². The van der Waals surface area contributed by atoms with Gasteiger partial charge in [-0.25, -0.2) is 19.9 Å². The molecule has 9 nitrogen and oxygen atoms in total. The summed E-state index contributed by atoms with van der Waals surface area (Å²) in [6, 6.07) is 10.5. The lowest BCUT2D eigenvalue weighted by atomic mass is 9.96. The Labute approximate surface area is 253 Å². The highest BCUT2D eigenvalue weighted by atomic mass is 19.4. The van der Waals surface area contributed by atoms with Crippen LogP contribution in [0.25, 0.3) is 11.3 Å². The zero-order valence-corrected chi connectivity index (χ0v) is 24.4. The number of anilines is 3. The van der Waals surface area contributed by atoms with Crippen LogP contribution in [0.1, 0.15) is 53.2 Å². The van der Waals surface area contributed by atoms with Crippen LogP contribution in [0.2, 0.25) is 0 Å². The predicted octanol–water partition coefficient (Wildman–Crippen LogP) is 6.69. The van der Waals surface area contributed by atoms with Crippen LogP contribution in [0.15, 0.2) is 67.4 Å². The Morgan fingerprint density at radius 2 is 1.82 bits per heavy atom. The van der Waals surface area contributed by atoms with Gasteiger partial charge in [0.1, 0.15) is 6.33 Å². The molecule has 1 amide bonds. The molecular weight excluding hydrogens is 569 g/mol. The Hall–Kier alpha value is -4.71. The van der Waals surface area contributed by atoms with Crippen LogP contribution < -0.4 is 10.6 Å². The second-order valence-corrected chi connectivity index (χ2v) is 10.9. The van der Waals surface area contributed by atoms with Crippen LogP contribution in [0.5, 0.6) is 0 Å². The van der Waals surface area contributed by atoms with E-state index in [1.54, 1.807) is 42.9 Å². The normalized spacial score (nSPS) is 14.3. The van der Waals surface area contributed by atoms with E-state index in [2.05, 4.69) is 35.5 Å². The molecule has 44 heavy (non-hydrogen) atoms. The quantitative estimate of drug-likeness (QED) is 0.173. The van der Waals surface area contributed by atoms with Gasteiger partial charge in [-0.1, -0.05) is 12.1 Å². The highest BCUT2D eigenvalue weighted by molar-refractivity contribution is 6.04. The molecule has 4 aromatic rings. The fraction of sp³-hybridized carbons (Fsp3) is 0.312. The molecule has 2 aromatic heterocycles. The number of nitrogens with zero attached hydrogens (tertiary/aromatic N) is 5. The summed E-state index contributed by atoms with van der Waals surface area (Å²) >= 11 is 0. The number of likely N-dealkylation sites (tertiary alicyclic amines) is 1. The molecule has 1 saturated heterocycles. The van der Waals surface area contributed by atoms with Crippen LogP contribution in [-0.4, -0.2) is 55.6 Å². The smallest absolute Gasteiger partial charge is 0.324 e. The van der Waals surface area contributed by atoms with Crippen LogP contribution in [0.4, 0.5) is 30.5 Å². The number of amides is 1. The topological polar surface area (TPSA) is 120 Å². The number of halogens is 3. The van der Waals surface area contributed by atoms with E-state index in [1.165, 1.54) is 18.5 Å². The first-order valence-corrected chi connectivity index (χ1v) is 14.3. The second-order valence-electron chi connectivity index (χ2n) is 10.9. The van der Waals surface area contributed by atoms with E-state index in [9.17, 15) is 18.0 Å². The maximum absolute atomic E-state index is 14.1. The molecule has 12 heteroatoms. The van der Waals surface area contributed by atoms with Gasteiger partial charge in [0, 0.05) is 65.7 Å². The number of hydrogen-bond donors (Lipinski definition) is 3. The third-order valence-corrected chi connectivity index (χ3v) is 7.64. The van der Waals surface area contributed by atoms with Gasteiger partial charge in [-0.3, -0.25) is 4.79 Å². The molecule has 0 aliphatic carbocycles. The summed E-state index contributed by atoms with van der Waals surface area (Å²) in [5.74, 6) is -0.374. The highest BCUT2D eigenvalue weighted by Crippen LogP contribution is 2.34. The summed E-state index contributed by atoms with van der Waals surface area (Å²) in [6.45, 7) is 5.78. The van der Waals surface area contributed by atoms with Gasteiger partial charge in [-0.15, -0.1) is 0 Å². The maximum atomic E-state index is 14.1. The molecule has 0 saturated carbocycles. The lowest BCUT2D eigenvalue weighted by Crippen LogP contribution is -2.32. The molecule has 1 atom stereocenters. The fourth-order valence-electron chi connectivity index (χ4n) is 5.28. The lowest BCUT2D eigenvalue weighted by Gasteiger charge is -2.24. The second kappa shape index (κ2) is 13.3. The summed E-state index contributed by atoms with van der Waals surface area (Å²) in [5, 5.41) is 14.2. The minimum Gasteiger partial charge on any atom is -0.324 e. The number of rotatable bonds is 10. The zero-order chi connectivity index (χ0) is 31.3.